The van der Waals surface area contributed by atoms with Crippen molar-refractivity contribution in [2.75, 3.05) is 13.7 Å². The highest BCUT2D eigenvalue weighted by Crippen LogP contribution is 2.27. The van der Waals surface area contributed by atoms with Crippen LogP contribution in [0.5, 0.6) is 5.75 Å². The standard InChI is InChI=1S/C11H12Cl2N2O4/c1-18-11(10(14)17)15-9(16)5-19-8-3-2-6(12)4-7(8)13/h2-4,11H,5H2,1H3,(H2,14,17)(H,15,16). The highest BCUT2D eigenvalue weighted by molar-refractivity contribution is 6.35. The van der Waals surface area contributed by atoms with Crippen LogP contribution >= 0.6 is 23.2 Å². The smallest absolute Gasteiger partial charge is 0.267 e. The van der Waals surface area contributed by atoms with Crippen LogP contribution in [0, 0.1) is 0 Å². The molecule has 19 heavy (non-hydrogen) atoms. The third-order valence-corrected chi connectivity index (χ3v) is 2.57. The molecule has 0 fully saturated rings. The van der Waals surface area contributed by atoms with Crippen molar-refractivity contribution in [3.05, 3.63) is 28.2 Å². The van der Waals surface area contributed by atoms with E-state index < -0.39 is 18.0 Å². The van der Waals surface area contributed by atoms with E-state index in [-0.39, 0.29) is 11.6 Å². The number of hydrogen-bond acceptors (Lipinski definition) is 4. The van der Waals surface area contributed by atoms with E-state index in [0.717, 1.165) is 0 Å². The van der Waals surface area contributed by atoms with Crippen molar-refractivity contribution < 1.29 is 19.1 Å². The summed E-state index contributed by atoms with van der Waals surface area (Å²) < 4.78 is 9.84. The monoisotopic (exact) mass is 306 g/mol. The molecule has 0 saturated carbocycles. The molecule has 2 amide bonds. The number of nitrogens with two attached hydrogens (primary N) is 1. The van der Waals surface area contributed by atoms with E-state index in [2.05, 4.69) is 10.1 Å². The molecule has 0 heterocycles. The molecule has 0 aromatic heterocycles. The van der Waals surface area contributed by atoms with Crippen molar-refractivity contribution >= 4 is 35.0 Å². The SMILES string of the molecule is COC(NC(=O)COc1ccc(Cl)cc1Cl)C(N)=O. The van der Waals surface area contributed by atoms with E-state index in [9.17, 15) is 9.59 Å². The van der Waals surface area contributed by atoms with Gasteiger partial charge in [0.1, 0.15) is 5.75 Å². The molecular weight excluding hydrogens is 295 g/mol. The maximum atomic E-state index is 11.5. The summed E-state index contributed by atoms with van der Waals surface area (Å²) >= 11 is 11.6. The van der Waals surface area contributed by atoms with Gasteiger partial charge in [0.2, 0.25) is 6.23 Å². The molecule has 3 N–H and O–H groups in total. The molecule has 1 aromatic rings. The molecular formula is C11H12Cl2N2O4. The Bertz CT molecular complexity index is 482. The van der Waals surface area contributed by atoms with Gasteiger partial charge in [-0.25, -0.2) is 0 Å². The van der Waals surface area contributed by atoms with Gasteiger partial charge in [0.15, 0.2) is 6.61 Å². The Labute approximate surface area is 119 Å². The van der Waals surface area contributed by atoms with Crippen LogP contribution in [-0.2, 0) is 14.3 Å². The first kappa shape index (κ1) is 15.6. The van der Waals surface area contributed by atoms with Crippen LogP contribution in [0.2, 0.25) is 10.0 Å². The summed E-state index contributed by atoms with van der Waals surface area (Å²) in [5, 5.41) is 2.97. The van der Waals surface area contributed by atoms with Crippen LogP contribution in [-0.4, -0.2) is 31.8 Å². The van der Waals surface area contributed by atoms with E-state index in [1.54, 1.807) is 6.07 Å². The zero-order valence-corrected chi connectivity index (χ0v) is 11.5. The summed E-state index contributed by atoms with van der Waals surface area (Å²) in [6.07, 6.45) is -1.20. The van der Waals surface area contributed by atoms with Gasteiger partial charge in [-0.15, -0.1) is 0 Å². The van der Waals surface area contributed by atoms with Crippen LogP contribution in [0.15, 0.2) is 18.2 Å². The molecule has 1 aromatic carbocycles. The molecule has 1 unspecified atom stereocenters. The van der Waals surface area contributed by atoms with Crippen LogP contribution in [0.1, 0.15) is 0 Å². The maximum absolute atomic E-state index is 11.5. The van der Waals surface area contributed by atoms with Gasteiger partial charge in [-0.2, -0.15) is 0 Å². The zero-order chi connectivity index (χ0) is 14.4. The predicted octanol–water partition coefficient (Wildman–Crippen LogP) is 0.946. The summed E-state index contributed by atoms with van der Waals surface area (Å²) in [5.41, 5.74) is 4.99. The van der Waals surface area contributed by atoms with Gasteiger partial charge in [0, 0.05) is 12.1 Å². The number of ether oxygens (including phenoxy) is 2. The Morgan fingerprint density at radius 2 is 2.11 bits per heavy atom. The minimum absolute atomic E-state index is 0.276. The number of hydrogen-bond donors (Lipinski definition) is 2. The molecule has 0 aliphatic carbocycles. The quantitative estimate of drug-likeness (QED) is 0.765. The fourth-order valence-corrected chi connectivity index (χ4v) is 1.63. The second kappa shape index (κ2) is 7.18. The van der Waals surface area contributed by atoms with Gasteiger partial charge in [0.05, 0.1) is 5.02 Å². The summed E-state index contributed by atoms with van der Waals surface area (Å²) in [6, 6.07) is 4.58. The molecule has 1 rings (SSSR count). The molecule has 8 heteroatoms. The number of rotatable bonds is 6. The Kier molecular flexibility index (Phi) is 5.88. The van der Waals surface area contributed by atoms with Crippen LogP contribution in [0.25, 0.3) is 0 Å². The van der Waals surface area contributed by atoms with Crippen LogP contribution in [0.4, 0.5) is 0 Å². The minimum Gasteiger partial charge on any atom is -0.482 e. The van der Waals surface area contributed by atoms with Gasteiger partial charge in [0.25, 0.3) is 11.8 Å². The second-order valence-electron chi connectivity index (χ2n) is 3.45. The topological polar surface area (TPSA) is 90.7 Å². The predicted molar refractivity (Wildman–Crippen MR) is 70.1 cm³/mol. The average Bonchev–Trinajstić information content (AvgIpc) is 2.34. The van der Waals surface area contributed by atoms with Crippen molar-refractivity contribution in [2.24, 2.45) is 5.73 Å². The number of amides is 2. The van der Waals surface area contributed by atoms with E-state index in [0.29, 0.717) is 10.8 Å². The van der Waals surface area contributed by atoms with Gasteiger partial charge >= 0.3 is 0 Å². The normalized spacial score (nSPS) is 11.7. The van der Waals surface area contributed by atoms with Crippen molar-refractivity contribution in [1.82, 2.24) is 5.32 Å². The van der Waals surface area contributed by atoms with Gasteiger partial charge < -0.3 is 20.5 Å². The Balaban J connectivity index is 2.52. The summed E-state index contributed by atoms with van der Waals surface area (Å²) in [4.78, 5) is 22.3. The Morgan fingerprint density at radius 1 is 1.42 bits per heavy atom. The molecule has 6 nitrogen and oxygen atoms in total. The van der Waals surface area contributed by atoms with Crippen molar-refractivity contribution in [3.63, 3.8) is 0 Å². The molecule has 0 aliphatic rings. The van der Waals surface area contributed by atoms with Crippen LogP contribution in [0.3, 0.4) is 0 Å². The minimum atomic E-state index is -1.20. The van der Waals surface area contributed by atoms with E-state index in [1.165, 1.54) is 19.2 Å². The number of nitrogens with one attached hydrogen (secondary N) is 1. The lowest BCUT2D eigenvalue weighted by Crippen LogP contribution is -2.47. The number of halogens is 2. The fraction of sp³-hybridized carbons (Fsp3) is 0.273. The first-order valence-corrected chi connectivity index (χ1v) is 5.89. The van der Waals surface area contributed by atoms with Gasteiger partial charge in [-0.05, 0) is 18.2 Å². The first-order chi connectivity index (χ1) is 8.93. The number of methoxy groups -OCH3 is 1. The summed E-state index contributed by atoms with van der Waals surface area (Å²) in [7, 11) is 1.24. The van der Waals surface area contributed by atoms with Gasteiger partial charge in [-0.1, -0.05) is 23.2 Å². The van der Waals surface area contributed by atoms with Crippen molar-refractivity contribution in [3.8, 4) is 5.75 Å². The van der Waals surface area contributed by atoms with Crippen molar-refractivity contribution in [1.29, 1.82) is 0 Å². The maximum Gasteiger partial charge on any atom is 0.267 e. The number of benzene rings is 1. The lowest BCUT2D eigenvalue weighted by atomic mass is 10.3. The molecule has 0 radical (unpaired) electrons. The summed E-state index contributed by atoms with van der Waals surface area (Å²) in [6.45, 7) is -0.339. The van der Waals surface area contributed by atoms with Crippen molar-refractivity contribution in [2.45, 2.75) is 6.23 Å². The molecule has 0 saturated heterocycles. The highest BCUT2D eigenvalue weighted by Gasteiger charge is 2.17. The lowest BCUT2D eigenvalue weighted by Gasteiger charge is -2.14. The van der Waals surface area contributed by atoms with E-state index >= 15 is 0 Å². The Morgan fingerprint density at radius 3 is 2.63 bits per heavy atom. The molecule has 0 bridgehead atoms. The average molecular weight is 307 g/mol. The fourth-order valence-electron chi connectivity index (χ4n) is 1.17. The van der Waals surface area contributed by atoms with Crippen LogP contribution < -0.4 is 15.8 Å². The van der Waals surface area contributed by atoms with Gasteiger partial charge in [-0.3, -0.25) is 9.59 Å². The molecule has 1 atom stereocenters. The Hall–Kier alpha value is -1.50. The van der Waals surface area contributed by atoms with E-state index in [4.69, 9.17) is 33.7 Å². The third kappa shape index (κ3) is 4.94. The first-order valence-electron chi connectivity index (χ1n) is 5.13. The largest absolute Gasteiger partial charge is 0.482 e. The highest BCUT2D eigenvalue weighted by atomic mass is 35.5. The van der Waals surface area contributed by atoms with E-state index in [1.807, 2.05) is 0 Å². The zero-order valence-electron chi connectivity index (χ0n) is 9.98. The third-order valence-electron chi connectivity index (χ3n) is 2.04. The molecule has 0 spiro atoms. The molecule has 104 valence electrons. The summed E-state index contributed by atoms with van der Waals surface area (Å²) in [5.74, 6) is -1.08. The number of primary amides is 1. The number of carbonyl (C=O) groups is 2. The lowest BCUT2D eigenvalue weighted by molar-refractivity contribution is -0.137. The molecule has 0 aliphatic heterocycles. The number of carbonyl (C=O) groups excluding carboxylic acids is 2. The second-order valence-corrected chi connectivity index (χ2v) is 4.29.